The number of rotatable bonds is 8. The number of nitrogens with one attached hydrogen (secondary N) is 3. The number of anilines is 2. The summed E-state index contributed by atoms with van der Waals surface area (Å²) in [6.07, 6.45) is -0.827. The van der Waals surface area contributed by atoms with Gasteiger partial charge in [0.2, 0.25) is 12.3 Å². The van der Waals surface area contributed by atoms with Gasteiger partial charge in [-0.15, -0.1) is 0 Å². The third kappa shape index (κ3) is 7.97. The van der Waals surface area contributed by atoms with Gasteiger partial charge in [0, 0.05) is 31.9 Å². The summed E-state index contributed by atoms with van der Waals surface area (Å²) < 4.78 is 48.9. The second-order valence-electron chi connectivity index (χ2n) is 8.46. The Morgan fingerprint density at radius 1 is 1.14 bits per heavy atom. The zero-order valence-electron chi connectivity index (χ0n) is 19.4. The maximum atomic E-state index is 12.9. The minimum Gasteiger partial charge on any atom is -0.381 e. The molecule has 0 radical (unpaired) electrons. The fourth-order valence-corrected chi connectivity index (χ4v) is 3.80. The minimum absolute atomic E-state index is 0.00349. The number of hydrogen-bond donors (Lipinski definition) is 3. The van der Waals surface area contributed by atoms with E-state index in [4.69, 9.17) is 9.47 Å². The Hall–Kier alpha value is -3.11. The van der Waals surface area contributed by atoms with Crippen molar-refractivity contribution < 1.29 is 32.2 Å². The number of alkyl halides is 3. The molecule has 35 heavy (non-hydrogen) atoms. The highest BCUT2D eigenvalue weighted by atomic mass is 19.4. The number of carbonyl (C=O) groups excluding carboxylic acids is 2. The first-order valence-corrected chi connectivity index (χ1v) is 11.4. The third-order valence-corrected chi connectivity index (χ3v) is 5.93. The summed E-state index contributed by atoms with van der Waals surface area (Å²) in [5.41, 5.74) is 0.693. The van der Waals surface area contributed by atoms with Gasteiger partial charge in [-0.05, 0) is 49.1 Å². The number of amides is 2. The molecule has 1 saturated heterocycles. The number of methoxy groups -OCH3 is 1. The second-order valence-corrected chi connectivity index (χ2v) is 8.46. The molecule has 2 aromatic rings. The lowest BCUT2D eigenvalue weighted by atomic mass is 9.81. The number of carbonyl (C=O) groups is 2. The van der Waals surface area contributed by atoms with Crippen LogP contribution in [-0.4, -0.2) is 44.8 Å². The summed E-state index contributed by atoms with van der Waals surface area (Å²) in [6.45, 7) is 1.82. The summed E-state index contributed by atoms with van der Waals surface area (Å²) in [7, 11) is 1.70. The molecule has 7 nitrogen and oxygen atoms in total. The van der Waals surface area contributed by atoms with E-state index in [1.165, 1.54) is 12.1 Å². The van der Waals surface area contributed by atoms with Gasteiger partial charge < -0.3 is 25.4 Å². The summed E-state index contributed by atoms with van der Waals surface area (Å²) in [4.78, 5) is 21.8. The highest BCUT2D eigenvalue weighted by Crippen LogP contribution is 2.35. The molecule has 1 aliphatic carbocycles. The monoisotopic (exact) mass is 493 g/mol. The average Bonchev–Trinajstić information content (AvgIpc) is 3.31. The molecule has 2 aliphatic rings. The Labute approximate surface area is 202 Å². The molecule has 1 saturated carbocycles. The van der Waals surface area contributed by atoms with Crippen LogP contribution >= 0.6 is 0 Å². The first-order chi connectivity index (χ1) is 16.8. The van der Waals surface area contributed by atoms with Crippen LogP contribution in [0.15, 0.2) is 48.5 Å². The predicted molar refractivity (Wildman–Crippen MR) is 125 cm³/mol. The van der Waals surface area contributed by atoms with E-state index in [0.717, 1.165) is 37.5 Å². The Bertz CT molecular complexity index is 957. The van der Waals surface area contributed by atoms with Crippen LogP contribution in [0.1, 0.15) is 30.4 Å². The van der Waals surface area contributed by atoms with Crippen LogP contribution in [0.3, 0.4) is 0 Å². The highest BCUT2D eigenvalue weighted by Gasteiger charge is 2.35. The van der Waals surface area contributed by atoms with E-state index in [1.807, 2.05) is 0 Å². The fraction of sp³-hybridized carbons (Fsp3) is 0.440. The zero-order valence-corrected chi connectivity index (χ0v) is 19.4. The van der Waals surface area contributed by atoms with Crippen molar-refractivity contribution in [2.24, 2.45) is 5.92 Å². The van der Waals surface area contributed by atoms with Crippen LogP contribution in [0.25, 0.3) is 0 Å². The molecule has 2 amide bonds. The lowest BCUT2D eigenvalue weighted by Gasteiger charge is -2.33. The smallest absolute Gasteiger partial charge is 0.381 e. The Morgan fingerprint density at radius 3 is 2.46 bits per heavy atom. The van der Waals surface area contributed by atoms with E-state index in [2.05, 4.69) is 16.0 Å². The predicted octanol–water partition coefficient (Wildman–Crippen LogP) is 4.01. The van der Waals surface area contributed by atoms with Crippen molar-refractivity contribution >= 4 is 23.7 Å². The first kappa shape index (κ1) is 26.5. The summed E-state index contributed by atoms with van der Waals surface area (Å²) in [5, 5.41) is 8.27. The topological polar surface area (TPSA) is 88.7 Å². The van der Waals surface area contributed by atoms with Crippen LogP contribution in [-0.2, 0) is 31.8 Å². The quantitative estimate of drug-likeness (QED) is 0.484. The average molecular weight is 494 g/mol. The standard InChI is InChI=1S/C15H13F3N2O.C10H17NO3/c16-15(17,18)13-3-1-2-4-14(13)20-12-7-5-11(6-8-12)9-19-10-21;1-13-9-4-7(5-9)10(12)11-8-2-3-14-6-8/h1-8,10,20H,9H2,(H,19,21);7-9H,2-6H2,1H3,(H,11,12). The number of halogens is 3. The number of para-hydroxylation sites is 1. The van der Waals surface area contributed by atoms with Crippen molar-refractivity contribution in [3.05, 3.63) is 59.7 Å². The zero-order chi connectivity index (χ0) is 25.3. The molecule has 1 unspecified atom stereocenters. The van der Waals surface area contributed by atoms with E-state index >= 15 is 0 Å². The van der Waals surface area contributed by atoms with Gasteiger partial charge in [-0.2, -0.15) is 13.2 Å². The summed E-state index contributed by atoms with van der Waals surface area (Å²) in [6, 6.07) is 12.3. The van der Waals surface area contributed by atoms with Crippen molar-refractivity contribution in [2.75, 3.05) is 25.6 Å². The van der Waals surface area contributed by atoms with Gasteiger partial charge >= 0.3 is 6.18 Å². The van der Waals surface area contributed by atoms with Gasteiger partial charge in [-0.25, -0.2) is 0 Å². The number of hydrogen-bond acceptors (Lipinski definition) is 5. The molecule has 1 heterocycles. The molecule has 1 aliphatic heterocycles. The Kier molecular flexibility index (Phi) is 9.50. The fourth-order valence-electron chi connectivity index (χ4n) is 3.80. The molecular weight excluding hydrogens is 463 g/mol. The molecule has 10 heteroatoms. The van der Waals surface area contributed by atoms with Crippen LogP contribution in [0.4, 0.5) is 24.5 Å². The van der Waals surface area contributed by atoms with Crippen LogP contribution in [0.2, 0.25) is 0 Å². The molecule has 2 fully saturated rings. The Balaban J connectivity index is 0.000000211. The molecule has 0 bridgehead atoms. The molecule has 4 rings (SSSR count). The lowest BCUT2D eigenvalue weighted by molar-refractivity contribution is -0.137. The van der Waals surface area contributed by atoms with E-state index in [-0.39, 0.29) is 23.6 Å². The van der Waals surface area contributed by atoms with E-state index < -0.39 is 11.7 Å². The second kappa shape index (κ2) is 12.6. The van der Waals surface area contributed by atoms with Gasteiger partial charge in [0.25, 0.3) is 0 Å². The summed E-state index contributed by atoms with van der Waals surface area (Å²) in [5.74, 6) is 0.342. The normalized spacial score (nSPS) is 21.2. The van der Waals surface area contributed by atoms with E-state index in [0.29, 0.717) is 31.4 Å². The third-order valence-electron chi connectivity index (χ3n) is 5.93. The van der Waals surface area contributed by atoms with E-state index in [1.54, 1.807) is 37.4 Å². The molecular formula is C25H30F3N3O4. The highest BCUT2D eigenvalue weighted by molar-refractivity contribution is 5.80. The molecule has 190 valence electrons. The maximum absolute atomic E-state index is 12.9. The van der Waals surface area contributed by atoms with Crippen LogP contribution in [0.5, 0.6) is 0 Å². The van der Waals surface area contributed by atoms with Gasteiger partial charge in [0.05, 0.1) is 30.0 Å². The van der Waals surface area contributed by atoms with Crippen LogP contribution < -0.4 is 16.0 Å². The van der Waals surface area contributed by atoms with Crippen molar-refractivity contribution in [2.45, 2.75) is 44.1 Å². The molecule has 2 aromatic carbocycles. The lowest BCUT2D eigenvalue weighted by Crippen LogP contribution is -2.45. The summed E-state index contributed by atoms with van der Waals surface area (Å²) >= 11 is 0. The maximum Gasteiger partial charge on any atom is 0.418 e. The van der Waals surface area contributed by atoms with Crippen LogP contribution in [0, 0.1) is 5.92 Å². The van der Waals surface area contributed by atoms with Gasteiger partial charge in [-0.3, -0.25) is 9.59 Å². The Morgan fingerprint density at radius 2 is 1.86 bits per heavy atom. The molecule has 1 atom stereocenters. The van der Waals surface area contributed by atoms with Crippen molar-refractivity contribution in [3.8, 4) is 0 Å². The molecule has 3 N–H and O–H groups in total. The SMILES string of the molecule is COC1CC(C(=O)NC2CCOC2)C1.O=CNCc1ccc(Nc2ccccc2C(F)(F)F)cc1. The number of ether oxygens (including phenoxy) is 2. The van der Waals surface area contributed by atoms with Gasteiger partial charge in [0.1, 0.15) is 0 Å². The largest absolute Gasteiger partial charge is 0.418 e. The van der Waals surface area contributed by atoms with Gasteiger partial charge in [-0.1, -0.05) is 24.3 Å². The number of benzene rings is 2. The van der Waals surface area contributed by atoms with E-state index in [9.17, 15) is 22.8 Å². The van der Waals surface area contributed by atoms with Crippen molar-refractivity contribution in [3.63, 3.8) is 0 Å². The molecule has 0 spiro atoms. The molecule has 0 aromatic heterocycles. The first-order valence-electron chi connectivity index (χ1n) is 11.4. The minimum atomic E-state index is -4.41. The van der Waals surface area contributed by atoms with Gasteiger partial charge in [0.15, 0.2) is 0 Å². The van der Waals surface area contributed by atoms with Crippen molar-refractivity contribution in [1.82, 2.24) is 10.6 Å². The van der Waals surface area contributed by atoms with Crippen molar-refractivity contribution in [1.29, 1.82) is 0 Å².